The molecule has 0 heterocycles. The van der Waals surface area contributed by atoms with Gasteiger partial charge in [0.15, 0.2) is 0 Å². The van der Waals surface area contributed by atoms with E-state index in [9.17, 15) is 0 Å². The van der Waals surface area contributed by atoms with Crippen LogP contribution in [0.4, 0.5) is 0 Å². The molecule has 0 saturated carbocycles. The normalized spacial score (nSPS) is 15.2. The zero-order chi connectivity index (χ0) is 11.4. The molecule has 0 amide bonds. The quantitative estimate of drug-likeness (QED) is 0.648. The van der Waals surface area contributed by atoms with Gasteiger partial charge in [0.1, 0.15) is 0 Å². The van der Waals surface area contributed by atoms with E-state index in [-0.39, 0.29) is 0 Å². The molecule has 0 fully saturated rings. The zero-order valence-electron chi connectivity index (χ0n) is 11.2. The third-order valence-electron chi connectivity index (χ3n) is 2.94. The summed E-state index contributed by atoms with van der Waals surface area (Å²) < 4.78 is 0. The average molecular weight is 199 g/mol. The Bertz CT molecular complexity index is 144. The van der Waals surface area contributed by atoms with Crippen LogP contribution >= 0.6 is 0 Å². The van der Waals surface area contributed by atoms with Gasteiger partial charge in [-0.1, -0.05) is 27.7 Å². The van der Waals surface area contributed by atoms with E-state index in [1.54, 1.807) is 0 Å². The summed E-state index contributed by atoms with van der Waals surface area (Å²) in [5.41, 5.74) is 0.459. The van der Waals surface area contributed by atoms with Gasteiger partial charge in [-0.25, -0.2) is 0 Å². The molecule has 0 rings (SSSR count). The van der Waals surface area contributed by atoms with E-state index in [1.807, 2.05) is 0 Å². The van der Waals surface area contributed by atoms with Crippen LogP contribution in [0.25, 0.3) is 0 Å². The van der Waals surface area contributed by atoms with Gasteiger partial charge < -0.3 is 0 Å². The maximum atomic E-state index is 2.62. The third kappa shape index (κ3) is 5.64. The summed E-state index contributed by atoms with van der Waals surface area (Å²) in [6, 6.07) is 1.39. The first-order valence-corrected chi connectivity index (χ1v) is 6.03. The van der Waals surface area contributed by atoms with Crippen molar-refractivity contribution in [3.05, 3.63) is 0 Å². The van der Waals surface area contributed by atoms with Gasteiger partial charge in [0.25, 0.3) is 0 Å². The van der Waals surface area contributed by atoms with Crippen LogP contribution in [0.3, 0.4) is 0 Å². The van der Waals surface area contributed by atoms with Crippen LogP contribution < -0.4 is 0 Å². The van der Waals surface area contributed by atoms with Crippen LogP contribution in [0.15, 0.2) is 0 Å². The molecule has 0 spiro atoms. The Morgan fingerprint density at radius 1 is 1.07 bits per heavy atom. The van der Waals surface area contributed by atoms with Gasteiger partial charge in [-0.05, 0) is 45.6 Å². The first-order valence-electron chi connectivity index (χ1n) is 6.03. The molecular weight excluding hydrogens is 170 g/mol. The highest BCUT2D eigenvalue weighted by Crippen LogP contribution is 2.21. The lowest BCUT2D eigenvalue weighted by molar-refractivity contribution is 0.138. The lowest BCUT2D eigenvalue weighted by atomic mass is 9.91. The van der Waals surface area contributed by atoms with Crippen LogP contribution in [0.1, 0.15) is 61.3 Å². The molecule has 0 aliphatic heterocycles. The fourth-order valence-electron chi connectivity index (χ4n) is 1.69. The summed E-state index contributed by atoms with van der Waals surface area (Å²) in [7, 11) is 0. The summed E-state index contributed by atoms with van der Waals surface area (Å²) in [6.07, 6.45) is 2.54. The van der Waals surface area contributed by atoms with Crippen molar-refractivity contribution in [3.8, 4) is 0 Å². The number of hydrogen-bond donors (Lipinski definition) is 0. The van der Waals surface area contributed by atoms with Crippen molar-refractivity contribution < 1.29 is 0 Å². The van der Waals surface area contributed by atoms with Gasteiger partial charge in [0.05, 0.1) is 0 Å². The average Bonchev–Trinajstić information content (AvgIpc) is 2.01. The molecule has 0 saturated heterocycles. The largest absolute Gasteiger partial charge is 0.298 e. The molecule has 0 aromatic rings. The Morgan fingerprint density at radius 2 is 1.57 bits per heavy atom. The minimum atomic E-state index is 0.459. The van der Waals surface area contributed by atoms with E-state index in [2.05, 4.69) is 53.4 Å². The predicted octanol–water partition coefficient (Wildman–Crippen LogP) is 3.93. The van der Waals surface area contributed by atoms with Crippen molar-refractivity contribution >= 4 is 0 Å². The van der Waals surface area contributed by atoms with E-state index < -0.39 is 0 Å². The lowest BCUT2D eigenvalue weighted by Crippen LogP contribution is -2.40. The van der Waals surface area contributed by atoms with Gasteiger partial charge in [-0.2, -0.15) is 0 Å². The predicted molar refractivity (Wildman–Crippen MR) is 65.7 cm³/mol. The summed E-state index contributed by atoms with van der Waals surface area (Å²) in [6.45, 7) is 17.4. The molecular formula is C13H29N. The van der Waals surface area contributed by atoms with Gasteiger partial charge in [-0.3, -0.25) is 4.90 Å². The molecule has 0 aromatic heterocycles. The molecule has 0 N–H and O–H groups in total. The van der Waals surface area contributed by atoms with Crippen molar-refractivity contribution in [1.82, 2.24) is 4.90 Å². The summed E-state index contributed by atoms with van der Waals surface area (Å²) in [5.74, 6) is 0. The molecule has 0 bridgehead atoms. The highest BCUT2D eigenvalue weighted by molar-refractivity contribution is 4.73. The van der Waals surface area contributed by atoms with Crippen LogP contribution in [-0.2, 0) is 0 Å². The molecule has 0 aliphatic carbocycles. The zero-order valence-corrected chi connectivity index (χ0v) is 11.2. The minimum Gasteiger partial charge on any atom is -0.298 e. The summed E-state index contributed by atoms with van der Waals surface area (Å²) in [5, 5.41) is 0. The van der Waals surface area contributed by atoms with Gasteiger partial charge in [0.2, 0.25) is 0 Å². The molecule has 1 unspecified atom stereocenters. The standard InChI is InChI=1S/C13H29N/c1-8-12(4)14(11(2)3)10-9-13(5,6)7/h11-12H,8-10H2,1-7H3. The first kappa shape index (κ1) is 14.0. The smallest absolute Gasteiger partial charge is 0.00670 e. The van der Waals surface area contributed by atoms with Crippen LogP contribution in [-0.4, -0.2) is 23.5 Å². The maximum Gasteiger partial charge on any atom is 0.00670 e. The monoisotopic (exact) mass is 199 g/mol. The Balaban J connectivity index is 4.11. The van der Waals surface area contributed by atoms with Crippen LogP contribution in [0.5, 0.6) is 0 Å². The molecule has 0 radical (unpaired) electrons. The van der Waals surface area contributed by atoms with E-state index in [0.717, 1.165) is 6.04 Å². The van der Waals surface area contributed by atoms with Gasteiger partial charge in [-0.15, -0.1) is 0 Å². The number of nitrogens with zero attached hydrogens (tertiary/aromatic N) is 1. The Hall–Kier alpha value is -0.0400. The minimum absolute atomic E-state index is 0.459. The van der Waals surface area contributed by atoms with E-state index in [1.165, 1.54) is 19.4 Å². The maximum absolute atomic E-state index is 2.62. The molecule has 1 atom stereocenters. The fraction of sp³-hybridized carbons (Fsp3) is 1.00. The topological polar surface area (TPSA) is 3.24 Å². The molecule has 1 nitrogen and oxygen atoms in total. The Kier molecular flexibility index (Phi) is 5.73. The third-order valence-corrected chi connectivity index (χ3v) is 2.94. The molecule has 0 aliphatic rings. The van der Waals surface area contributed by atoms with E-state index >= 15 is 0 Å². The van der Waals surface area contributed by atoms with Crippen molar-refractivity contribution in [2.24, 2.45) is 5.41 Å². The highest BCUT2D eigenvalue weighted by atomic mass is 15.2. The lowest BCUT2D eigenvalue weighted by Gasteiger charge is -2.34. The molecule has 86 valence electrons. The van der Waals surface area contributed by atoms with Gasteiger partial charge >= 0.3 is 0 Å². The summed E-state index contributed by atoms with van der Waals surface area (Å²) >= 11 is 0. The molecule has 14 heavy (non-hydrogen) atoms. The van der Waals surface area contributed by atoms with E-state index in [0.29, 0.717) is 11.5 Å². The van der Waals surface area contributed by atoms with Crippen molar-refractivity contribution in [2.75, 3.05) is 6.54 Å². The second-order valence-corrected chi connectivity index (χ2v) is 5.90. The second kappa shape index (κ2) is 5.75. The molecule has 1 heteroatoms. The Morgan fingerprint density at radius 3 is 1.86 bits per heavy atom. The first-order chi connectivity index (χ1) is 6.28. The van der Waals surface area contributed by atoms with Crippen LogP contribution in [0, 0.1) is 5.41 Å². The fourth-order valence-corrected chi connectivity index (χ4v) is 1.69. The van der Waals surface area contributed by atoms with Crippen LogP contribution in [0.2, 0.25) is 0 Å². The van der Waals surface area contributed by atoms with Crippen molar-refractivity contribution in [1.29, 1.82) is 0 Å². The van der Waals surface area contributed by atoms with Crippen molar-refractivity contribution in [3.63, 3.8) is 0 Å². The van der Waals surface area contributed by atoms with Gasteiger partial charge in [0, 0.05) is 12.1 Å². The Labute approximate surface area is 90.9 Å². The van der Waals surface area contributed by atoms with E-state index in [4.69, 9.17) is 0 Å². The molecule has 0 aromatic carbocycles. The van der Waals surface area contributed by atoms with Crippen molar-refractivity contribution in [2.45, 2.75) is 73.4 Å². The highest BCUT2D eigenvalue weighted by Gasteiger charge is 2.18. The SMILES string of the molecule is CCC(C)N(CCC(C)(C)C)C(C)C. The number of rotatable bonds is 5. The summed E-state index contributed by atoms with van der Waals surface area (Å²) in [4.78, 5) is 2.62. The number of hydrogen-bond acceptors (Lipinski definition) is 1. The second-order valence-electron chi connectivity index (χ2n) is 5.90.